The van der Waals surface area contributed by atoms with Gasteiger partial charge in [0.25, 0.3) is 0 Å². The summed E-state index contributed by atoms with van der Waals surface area (Å²) in [4.78, 5) is 0. The summed E-state index contributed by atoms with van der Waals surface area (Å²) in [5.41, 5.74) is 1.34. The van der Waals surface area contributed by atoms with Crippen molar-refractivity contribution in [2.24, 2.45) is 0 Å². The summed E-state index contributed by atoms with van der Waals surface area (Å²) in [5.74, 6) is 0. The molecular formula is C10H19N. The molecule has 0 saturated carbocycles. The Labute approximate surface area is 70.2 Å². The fraction of sp³-hybridized carbons (Fsp3) is 0.600. The predicted octanol–water partition coefficient (Wildman–Crippen LogP) is 2.85. The lowest BCUT2D eigenvalue weighted by molar-refractivity contribution is 0.693. The van der Waals surface area contributed by atoms with E-state index in [1.165, 1.54) is 5.70 Å². The van der Waals surface area contributed by atoms with E-state index in [4.69, 9.17) is 0 Å². The van der Waals surface area contributed by atoms with E-state index in [0.717, 1.165) is 6.42 Å². The van der Waals surface area contributed by atoms with Crippen LogP contribution in [0.25, 0.3) is 0 Å². The molecule has 11 heavy (non-hydrogen) atoms. The Morgan fingerprint density at radius 3 is 2.45 bits per heavy atom. The first-order chi connectivity index (χ1) is 5.33. The Kier molecular flexibility index (Phi) is 5.63. The Morgan fingerprint density at radius 2 is 2.09 bits per heavy atom. The van der Waals surface area contributed by atoms with Gasteiger partial charge in [0.15, 0.2) is 0 Å². The van der Waals surface area contributed by atoms with E-state index < -0.39 is 0 Å². The molecule has 1 N–H and O–H groups in total. The summed E-state index contributed by atoms with van der Waals surface area (Å²) >= 11 is 0. The Bertz CT molecular complexity index is 145. The topological polar surface area (TPSA) is 12.0 Å². The van der Waals surface area contributed by atoms with Crippen molar-refractivity contribution in [1.82, 2.24) is 5.32 Å². The maximum absolute atomic E-state index is 3.34. The van der Waals surface area contributed by atoms with Crippen LogP contribution in [0.2, 0.25) is 0 Å². The number of hydrogen-bond acceptors (Lipinski definition) is 1. The normalized spacial score (nSPS) is 21.1. The highest BCUT2D eigenvalue weighted by Gasteiger charge is 2.00. The smallest absolute Gasteiger partial charge is 0.0416 e. The van der Waals surface area contributed by atoms with Gasteiger partial charge in [-0.1, -0.05) is 32.9 Å². The molecule has 1 atom stereocenters. The lowest BCUT2D eigenvalue weighted by atomic mass is 10.2. The van der Waals surface area contributed by atoms with Crippen molar-refractivity contribution < 1.29 is 0 Å². The van der Waals surface area contributed by atoms with Gasteiger partial charge in [-0.15, -0.1) is 0 Å². The molecule has 64 valence electrons. The summed E-state index contributed by atoms with van der Waals surface area (Å²) in [5, 5.41) is 3.34. The van der Waals surface area contributed by atoms with E-state index >= 15 is 0 Å². The molecule has 0 aliphatic carbocycles. The molecule has 1 nitrogen and oxygen atoms in total. The van der Waals surface area contributed by atoms with Crippen molar-refractivity contribution >= 4 is 0 Å². The highest BCUT2D eigenvalue weighted by atomic mass is 14.9. The molecule has 0 radical (unpaired) electrons. The third-order valence-electron chi connectivity index (χ3n) is 1.49. The zero-order chi connectivity index (χ0) is 8.69. The fourth-order valence-corrected chi connectivity index (χ4v) is 0.947. The molecular weight excluding hydrogens is 134 g/mol. The largest absolute Gasteiger partial charge is 0.382 e. The first-order valence-electron chi connectivity index (χ1n) is 4.47. The third kappa shape index (κ3) is 3.87. The zero-order valence-electron chi connectivity index (χ0n) is 8.02. The van der Waals surface area contributed by atoms with Crippen molar-refractivity contribution in [1.29, 1.82) is 0 Å². The van der Waals surface area contributed by atoms with Crippen molar-refractivity contribution in [3.63, 3.8) is 0 Å². The fourth-order valence-electron chi connectivity index (χ4n) is 0.947. The molecule has 1 heteroatoms. The summed E-state index contributed by atoms with van der Waals surface area (Å²) in [7, 11) is 0. The van der Waals surface area contributed by atoms with Gasteiger partial charge in [-0.3, -0.25) is 0 Å². The number of hydrogen-bond donors (Lipinski definition) is 1. The maximum atomic E-state index is 3.34. The summed E-state index contributed by atoms with van der Waals surface area (Å²) in [6, 6.07) is 0.518. The molecule has 1 unspecified atom stereocenters. The number of allylic oxidation sites excluding steroid dienone is 3. The van der Waals surface area contributed by atoms with Crippen LogP contribution in [0.15, 0.2) is 23.9 Å². The molecule has 0 aromatic carbocycles. The molecule has 0 saturated heterocycles. The van der Waals surface area contributed by atoms with Crippen LogP contribution >= 0.6 is 0 Å². The predicted molar refractivity (Wildman–Crippen MR) is 51.5 cm³/mol. The maximum Gasteiger partial charge on any atom is 0.0416 e. The number of dihydropyridines is 1. The van der Waals surface area contributed by atoms with Crippen molar-refractivity contribution in [3.05, 3.63) is 23.9 Å². The summed E-state index contributed by atoms with van der Waals surface area (Å²) < 4.78 is 0. The molecule has 0 amide bonds. The number of rotatable bonds is 1. The van der Waals surface area contributed by atoms with Crippen LogP contribution in [0.5, 0.6) is 0 Å². The van der Waals surface area contributed by atoms with Crippen LogP contribution in [0.1, 0.15) is 34.1 Å². The van der Waals surface area contributed by atoms with Crippen LogP contribution in [0.4, 0.5) is 0 Å². The van der Waals surface area contributed by atoms with Gasteiger partial charge in [-0.05, 0) is 19.4 Å². The first-order valence-corrected chi connectivity index (χ1v) is 4.47. The van der Waals surface area contributed by atoms with Gasteiger partial charge in [-0.25, -0.2) is 0 Å². The van der Waals surface area contributed by atoms with Gasteiger partial charge < -0.3 is 5.32 Å². The van der Waals surface area contributed by atoms with Crippen LogP contribution in [0, 0.1) is 0 Å². The molecule has 1 aliphatic rings. The quantitative estimate of drug-likeness (QED) is 0.611. The van der Waals surface area contributed by atoms with Crippen molar-refractivity contribution in [2.45, 2.75) is 40.2 Å². The lowest BCUT2D eigenvalue weighted by Gasteiger charge is -2.16. The summed E-state index contributed by atoms with van der Waals surface area (Å²) in [6.45, 7) is 8.31. The zero-order valence-corrected chi connectivity index (χ0v) is 8.02. The average molecular weight is 153 g/mol. The Balaban J connectivity index is 0.000000461. The van der Waals surface area contributed by atoms with Crippen molar-refractivity contribution in [2.75, 3.05) is 0 Å². The molecule has 1 aliphatic heterocycles. The van der Waals surface area contributed by atoms with E-state index in [1.54, 1.807) is 0 Å². The van der Waals surface area contributed by atoms with Crippen molar-refractivity contribution in [3.8, 4) is 0 Å². The molecule has 0 bridgehead atoms. The van der Waals surface area contributed by atoms with Gasteiger partial charge in [-0.2, -0.15) is 0 Å². The SMILES string of the molecule is CC.CCC1=CC=CC(C)N1. The average Bonchev–Trinajstić information content (AvgIpc) is 2.08. The van der Waals surface area contributed by atoms with Crippen LogP contribution in [-0.4, -0.2) is 6.04 Å². The second kappa shape index (κ2) is 6.02. The van der Waals surface area contributed by atoms with Gasteiger partial charge in [0.2, 0.25) is 0 Å². The Morgan fingerprint density at radius 1 is 1.45 bits per heavy atom. The third-order valence-corrected chi connectivity index (χ3v) is 1.49. The van der Waals surface area contributed by atoms with E-state index in [2.05, 4.69) is 37.4 Å². The minimum Gasteiger partial charge on any atom is -0.382 e. The molecule has 0 fully saturated rings. The van der Waals surface area contributed by atoms with Gasteiger partial charge >= 0.3 is 0 Å². The molecule has 1 rings (SSSR count). The summed E-state index contributed by atoms with van der Waals surface area (Å²) in [6.07, 6.45) is 7.49. The van der Waals surface area contributed by atoms with E-state index in [-0.39, 0.29) is 0 Å². The molecule has 0 aromatic heterocycles. The first kappa shape index (κ1) is 10.3. The van der Waals surface area contributed by atoms with Gasteiger partial charge in [0.05, 0.1) is 0 Å². The van der Waals surface area contributed by atoms with E-state index in [0.29, 0.717) is 6.04 Å². The minimum absolute atomic E-state index is 0.518. The highest BCUT2D eigenvalue weighted by molar-refractivity contribution is 5.18. The molecule has 0 aromatic rings. The van der Waals surface area contributed by atoms with E-state index in [1.807, 2.05) is 13.8 Å². The van der Waals surface area contributed by atoms with Crippen LogP contribution < -0.4 is 5.32 Å². The molecule has 1 heterocycles. The van der Waals surface area contributed by atoms with Crippen LogP contribution in [0.3, 0.4) is 0 Å². The standard InChI is InChI=1S/C8H13N.C2H6/c1-3-8-6-4-5-7(2)9-8;1-2/h4-7,9H,3H2,1-2H3;1-2H3. The second-order valence-corrected chi connectivity index (χ2v) is 2.36. The van der Waals surface area contributed by atoms with Gasteiger partial charge in [0.1, 0.15) is 0 Å². The highest BCUT2D eigenvalue weighted by Crippen LogP contribution is 2.03. The monoisotopic (exact) mass is 153 g/mol. The minimum atomic E-state index is 0.518. The number of nitrogens with one attached hydrogen (secondary N) is 1. The Hall–Kier alpha value is -0.720. The van der Waals surface area contributed by atoms with Crippen LogP contribution in [-0.2, 0) is 0 Å². The van der Waals surface area contributed by atoms with E-state index in [9.17, 15) is 0 Å². The second-order valence-electron chi connectivity index (χ2n) is 2.36. The lowest BCUT2D eigenvalue weighted by Crippen LogP contribution is -2.24. The van der Waals surface area contributed by atoms with Gasteiger partial charge in [0, 0.05) is 11.7 Å². The molecule has 0 spiro atoms.